The summed E-state index contributed by atoms with van der Waals surface area (Å²) >= 11 is 6.00. The highest BCUT2D eigenvalue weighted by Gasteiger charge is 2.16. The largest absolute Gasteiger partial charge is 0.493 e. The lowest BCUT2D eigenvalue weighted by molar-refractivity contribution is 0.0530. The zero-order valence-electron chi connectivity index (χ0n) is 15.5. The number of nitrogens with zero attached hydrogens (tertiary/aromatic N) is 2. The molecule has 0 saturated carbocycles. The Bertz CT molecular complexity index is 792. The van der Waals surface area contributed by atoms with E-state index in [0.717, 1.165) is 5.39 Å². The smallest absolute Gasteiger partial charge is 0.407 e. The van der Waals surface area contributed by atoms with Crippen molar-refractivity contribution in [1.29, 1.82) is 0 Å². The van der Waals surface area contributed by atoms with Crippen molar-refractivity contribution in [2.24, 2.45) is 0 Å². The number of nitrogens with one attached hydrogen (secondary N) is 2. The van der Waals surface area contributed by atoms with E-state index in [0.29, 0.717) is 35.9 Å². The van der Waals surface area contributed by atoms with Gasteiger partial charge < -0.3 is 24.8 Å². The maximum absolute atomic E-state index is 11.7. The lowest BCUT2D eigenvalue weighted by atomic mass is 10.2. The SMILES string of the molecule is COc1cc2nc(Cl)nc(NCCNC(=O)OC(C)(C)C)c2cc1OC. The van der Waals surface area contributed by atoms with Crippen molar-refractivity contribution in [3.05, 3.63) is 17.4 Å². The van der Waals surface area contributed by atoms with Gasteiger partial charge in [-0.05, 0) is 38.4 Å². The van der Waals surface area contributed by atoms with E-state index in [2.05, 4.69) is 20.6 Å². The third kappa shape index (κ3) is 5.26. The van der Waals surface area contributed by atoms with E-state index < -0.39 is 11.7 Å². The van der Waals surface area contributed by atoms with Gasteiger partial charge in [0.1, 0.15) is 11.4 Å². The van der Waals surface area contributed by atoms with E-state index >= 15 is 0 Å². The molecule has 0 fully saturated rings. The minimum Gasteiger partial charge on any atom is -0.493 e. The maximum atomic E-state index is 11.7. The number of methoxy groups -OCH3 is 2. The second kappa shape index (κ2) is 8.27. The lowest BCUT2D eigenvalue weighted by Crippen LogP contribution is -2.35. The number of carbonyl (C=O) groups is 1. The summed E-state index contributed by atoms with van der Waals surface area (Å²) in [6.07, 6.45) is -0.476. The summed E-state index contributed by atoms with van der Waals surface area (Å²) in [7, 11) is 3.10. The fourth-order valence-electron chi connectivity index (χ4n) is 2.22. The number of rotatable bonds is 6. The Morgan fingerprint density at radius 1 is 1.12 bits per heavy atom. The molecule has 2 N–H and O–H groups in total. The molecule has 2 rings (SSSR count). The zero-order valence-corrected chi connectivity index (χ0v) is 16.2. The molecule has 0 aliphatic heterocycles. The van der Waals surface area contributed by atoms with E-state index in [4.69, 9.17) is 25.8 Å². The molecule has 142 valence electrons. The summed E-state index contributed by atoms with van der Waals surface area (Å²) in [6.45, 7) is 6.20. The average molecular weight is 383 g/mol. The molecule has 0 radical (unpaired) electrons. The Morgan fingerprint density at radius 3 is 2.38 bits per heavy atom. The van der Waals surface area contributed by atoms with Crippen LogP contribution in [0.15, 0.2) is 12.1 Å². The predicted octanol–water partition coefficient (Wildman–Crippen LogP) is 3.24. The average Bonchev–Trinajstić information content (AvgIpc) is 2.55. The molecule has 26 heavy (non-hydrogen) atoms. The Kier molecular flexibility index (Phi) is 6.31. The first-order valence-corrected chi connectivity index (χ1v) is 8.41. The molecule has 0 atom stereocenters. The third-order valence-electron chi connectivity index (χ3n) is 3.26. The van der Waals surface area contributed by atoms with Crippen LogP contribution in [0.2, 0.25) is 5.28 Å². The summed E-state index contributed by atoms with van der Waals surface area (Å²) in [5, 5.41) is 6.63. The van der Waals surface area contributed by atoms with Crippen molar-refractivity contribution >= 4 is 34.4 Å². The Balaban J connectivity index is 2.10. The van der Waals surface area contributed by atoms with Gasteiger partial charge in [-0.15, -0.1) is 0 Å². The monoisotopic (exact) mass is 382 g/mol. The molecule has 0 spiro atoms. The summed E-state index contributed by atoms with van der Waals surface area (Å²) in [5.41, 5.74) is 0.0778. The first-order valence-electron chi connectivity index (χ1n) is 8.03. The lowest BCUT2D eigenvalue weighted by Gasteiger charge is -2.19. The molecule has 1 aromatic carbocycles. The molecule has 0 aliphatic carbocycles. The van der Waals surface area contributed by atoms with E-state index in [1.54, 1.807) is 26.4 Å². The van der Waals surface area contributed by atoms with E-state index in [1.807, 2.05) is 20.8 Å². The van der Waals surface area contributed by atoms with Gasteiger partial charge in [-0.2, -0.15) is 0 Å². The number of alkyl carbamates (subject to hydrolysis) is 1. The quantitative estimate of drug-likeness (QED) is 0.585. The minimum atomic E-state index is -0.538. The van der Waals surface area contributed by atoms with Crippen molar-refractivity contribution in [2.75, 3.05) is 32.6 Å². The normalized spacial score (nSPS) is 11.2. The zero-order chi connectivity index (χ0) is 19.3. The van der Waals surface area contributed by atoms with Crippen LogP contribution in [0.1, 0.15) is 20.8 Å². The topological polar surface area (TPSA) is 94.6 Å². The van der Waals surface area contributed by atoms with Gasteiger partial charge >= 0.3 is 6.09 Å². The van der Waals surface area contributed by atoms with Crippen molar-refractivity contribution in [3.8, 4) is 11.5 Å². The van der Waals surface area contributed by atoms with Gasteiger partial charge in [0.05, 0.1) is 19.7 Å². The number of halogens is 1. The molecule has 0 unspecified atom stereocenters. The van der Waals surface area contributed by atoms with Crippen molar-refractivity contribution in [3.63, 3.8) is 0 Å². The Labute approximate surface area is 157 Å². The fourth-order valence-corrected chi connectivity index (χ4v) is 2.40. The van der Waals surface area contributed by atoms with Crippen molar-refractivity contribution in [1.82, 2.24) is 15.3 Å². The summed E-state index contributed by atoms with van der Waals surface area (Å²) in [5.74, 6) is 1.64. The number of carbonyl (C=O) groups excluding carboxylic acids is 1. The van der Waals surface area contributed by atoms with E-state index in [9.17, 15) is 4.79 Å². The van der Waals surface area contributed by atoms with Gasteiger partial charge in [0, 0.05) is 24.5 Å². The number of benzene rings is 1. The second-order valence-electron chi connectivity index (χ2n) is 6.42. The Hall–Kier alpha value is -2.48. The number of fused-ring (bicyclic) bond motifs is 1. The number of hydrogen-bond donors (Lipinski definition) is 2. The summed E-state index contributed by atoms with van der Waals surface area (Å²) < 4.78 is 15.8. The predicted molar refractivity (Wildman–Crippen MR) is 100 cm³/mol. The van der Waals surface area contributed by atoms with Crippen molar-refractivity contribution < 1.29 is 19.0 Å². The molecule has 0 saturated heterocycles. The van der Waals surface area contributed by atoms with Crippen LogP contribution in [0.5, 0.6) is 11.5 Å². The molecule has 9 heteroatoms. The van der Waals surface area contributed by atoms with Crippen LogP contribution in [0, 0.1) is 0 Å². The molecule has 1 aromatic heterocycles. The van der Waals surface area contributed by atoms with Crippen LogP contribution >= 0.6 is 11.6 Å². The highest BCUT2D eigenvalue weighted by atomic mass is 35.5. The number of anilines is 1. The number of amides is 1. The van der Waals surface area contributed by atoms with Crippen LogP contribution in [0.25, 0.3) is 10.9 Å². The first-order chi connectivity index (χ1) is 12.2. The summed E-state index contributed by atoms with van der Waals surface area (Å²) in [6, 6.07) is 3.50. The highest BCUT2D eigenvalue weighted by Crippen LogP contribution is 2.34. The van der Waals surface area contributed by atoms with E-state index in [-0.39, 0.29) is 5.28 Å². The fraction of sp³-hybridized carbons (Fsp3) is 0.471. The Morgan fingerprint density at radius 2 is 1.77 bits per heavy atom. The van der Waals surface area contributed by atoms with Crippen LogP contribution in [-0.2, 0) is 4.74 Å². The number of aromatic nitrogens is 2. The molecule has 0 bridgehead atoms. The van der Waals surface area contributed by atoms with Gasteiger partial charge in [0.25, 0.3) is 0 Å². The highest BCUT2D eigenvalue weighted by molar-refractivity contribution is 6.28. The van der Waals surface area contributed by atoms with Crippen LogP contribution in [0.4, 0.5) is 10.6 Å². The molecule has 2 aromatic rings. The first kappa shape index (κ1) is 19.8. The molecule has 0 aliphatic rings. The van der Waals surface area contributed by atoms with Gasteiger partial charge in [-0.3, -0.25) is 0 Å². The van der Waals surface area contributed by atoms with Crippen LogP contribution in [0.3, 0.4) is 0 Å². The number of hydrogen-bond acceptors (Lipinski definition) is 7. The van der Waals surface area contributed by atoms with Crippen molar-refractivity contribution in [2.45, 2.75) is 26.4 Å². The molecular formula is C17H23ClN4O4. The molecule has 1 heterocycles. The maximum Gasteiger partial charge on any atom is 0.407 e. The van der Waals surface area contributed by atoms with Gasteiger partial charge in [-0.25, -0.2) is 14.8 Å². The van der Waals surface area contributed by atoms with Gasteiger partial charge in [0.15, 0.2) is 11.5 Å². The second-order valence-corrected chi connectivity index (χ2v) is 6.76. The number of ether oxygens (including phenoxy) is 3. The van der Waals surface area contributed by atoms with E-state index in [1.165, 1.54) is 0 Å². The van der Waals surface area contributed by atoms with Crippen LogP contribution < -0.4 is 20.1 Å². The molecule has 8 nitrogen and oxygen atoms in total. The standard InChI is InChI=1S/C17H23ClN4O4/c1-17(2,3)26-16(23)20-7-6-19-14-10-8-12(24-4)13(25-5)9-11(10)21-15(18)22-14/h8-9H,6-7H2,1-5H3,(H,20,23)(H,19,21,22). The van der Waals surface area contributed by atoms with Crippen LogP contribution in [-0.4, -0.2) is 49.0 Å². The minimum absolute atomic E-state index is 0.104. The third-order valence-corrected chi connectivity index (χ3v) is 3.43. The molecular weight excluding hydrogens is 360 g/mol. The molecule has 1 amide bonds. The van der Waals surface area contributed by atoms with Gasteiger partial charge in [-0.1, -0.05) is 0 Å². The van der Waals surface area contributed by atoms with Gasteiger partial charge in [0.2, 0.25) is 5.28 Å². The summed E-state index contributed by atoms with van der Waals surface area (Å²) in [4.78, 5) is 20.1.